The van der Waals surface area contributed by atoms with Gasteiger partial charge in [-0.05, 0) is 58.0 Å². The summed E-state index contributed by atoms with van der Waals surface area (Å²) in [7, 11) is 2.39. The molecule has 0 aromatic rings. The van der Waals surface area contributed by atoms with Crippen molar-refractivity contribution in [2.75, 3.05) is 13.6 Å². The van der Waals surface area contributed by atoms with Gasteiger partial charge in [0.15, 0.2) is 0 Å². The third-order valence-corrected chi connectivity index (χ3v) is 5.44. The number of likely N-dealkylation sites (N-methyl/N-ethyl adjacent to an activating group) is 2. The van der Waals surface area contributed by atoms with Gasteiger partial charge in [-0.15, -0.1) is 0 Å². The van der Waals surface area contributed by atoms with Crippen LogP contribution in [0.25, 0.3) is 0 Å². The van der Waals surface area contributed by atoms with Gasteiger partial charge in [0.2, 0.25) is 0 Å². The molecule has 2 atom stereocenters. The number of nitrogens with zero attached hydrogens (tertiary/aromatic N) is 1. The predicted molar refractivity (Wildman–Crippen MR) is 78.9 cm³/mol. The highest BCUT2D eigenvalue weighted by molar-refractivity contribution is 4.92. The predicted octanol–water partition coefficient (Wildman–Crippen LogP) is 3.42. The average Bonchev–Trinajstić information content (AvgIpc) is 2.87. The van der Waals surface area contributed by atoms with Gasteiger partial charge >= 0.3 is 0 Å². The maximum atomic E-state index is 3.69. The standard InChI is InChI=1S/C16H32N2/c1-4-13-9-11-14(12-10-13)18(3)16-8-6-7-15(16)17-5-2/h13-17H,4-12H2,1-3H3. The molecule has 2 rings (SSSR count). The zero-order valence-electron chi connectivity index (χ0n) is 12.6. The summed E-state index contributed by atoms with van der Waals surface area (Å²) in [5, 5.41) is 3.69. The first-order valence-corrected chi connectivity index (χ1v) is 8.21. The second-order valence-corrected chi connectivity index (χ2v) is 6.41. The van der Waals surface area contributed by atoms with Gasteiger partial charge in [0.1, 0.15) is 0 Å². The minimum atomic E-state index is 0.754. The first-order chi connectivity index (χ1) is 8.76. The van der Waals surface area contributed by atoms with Crippen LogP contribution in [0.2, 0.25) is 0 Å². The number of rotatable bonds is 5. The van der Waals surface area contributed by atoms with E-state index in [4.69, 9.17) is 0 Å². The van der Waals surface area contributed by atoms with Gasteiger partial charge in [-0.25, -0.2) is 0 Å². The number of hydrogen-bond acceptors (Lipinski definition) is 2. The van der Waals surface area contributed by atoms with Crippen LogP contribution in [-0.4, -0.2) is 36.6 Å². The lowest BCUT2D eigenvalue weighted by Gasteiger charge is -2.40. The Kier molecular flexibility index (Phi) is 5.50. The minimum Gasteiger partial charge on any atom is -0.313 e. The van der Waals surface area contributed by atoms with Crippen molar-refractivity contribution >= 4 is 0 Å². The molecule has 2 aliphatic rings. The van der Waals surface area contributed by atoms with Crippen LogP contribution in [0.4, 0.5) is 0 Å². The monoisotopic (exact) mass is 252 g/mol. The van der Waals surface area contributed by atoms with Crippen LogP contribution in [0.15, 0.2) is 0 Å². The summed E-state index contributed by atoms with van der Waals surface area (Å²) in [6.07, 6.45) is 11.4. The molecule has 2 nitrogen and oxygen atoms in total. The van der Waals surface area contributed by atoms with Gasteiger partial charge in [-0.1, -0.05) is 26.7 Å². The Morgan fingerprint density at radius 2 is 1.72 bits per heavy atom. The molecule has 1 N–H and O–H groups in total. The highest BCUT2D eigenvalue weighted by atomic mass is 15.2. The van der Waals surface area contributed by atoms with Gasteiger partial charge in [0, 0.05) is 18.1 Å². The Hall–Kier alpha value is -0.0800. The Labute approximate surface area is 114 Å². The molecule has 0 aromatic heterocycles. The first kappa shape index (κ1) is 14.3. The molecular weight excluding hydrogens is 220 g/mol. The number of nitrogens with one attached hydrogen (secondary N) is 1. The van der Waals surface area contributed by atoms with Gasteiger partial charge in [-0.2, -0.15) is 0 Å². The second-order valence-electron chi connectivity index (χ2n) is 6.41. The molecule has 0 aliphatic heterocycles. The summed E-state index contributed by atoms with van der Waals surface area (Å²) >= 11 is 0. The van der Waals surface area contributed by atoms with Crippen LogP contribution < -0.4 is 5.32 Å². The fourth-order valence-corrected chi connectivity index (χ4v) is 4.16. The van der Waals surface area contributed by atoms with E-state index in [2.05, 4.69) is 31.1 Å². The molecule has 2 aliphatic carbocycles. The summed E-state index contributed by atoms with van der Waals surface area (Å²) in [6, 6.07) is 2.41. The molecule has 0 radical (unpaired) electrons. The topological polar surface area (TPSA) is 15.3 Å². The summed E-state index contributed by atoms with van der Waals surface area (Å²) in [6.45, 7) is 5.71. The van der Waals surface area contributed by atoms with E-state index in [-0.39, 0.29) is 0 Å². The molecule has 18 heavy (non-hydrogen) atoms. The Balaban J connectivity index is 1.85. The van der Waals surface area contributed by atoms with Crippen molar-refractivity contribution in [3.8, 4) is 0 Å². The lowest BCUT2D eigenvalue weighted by Crippen LogP contribution is -2.50. The summed E-state index contributed by atoms with van der Waals surface area (Å²) in [4.78, 5) is 2.73. The highest BCUT2D eigenvalue weighted by Crippen LogP contribution is 2.33. The van der Waals surface area contributed by atoms with Gasteiger partial charge in [0.25, 0.3) is 0 Å². The lowest BCUT2D eigenvalue weighted by molar-refractivity contribution is 0.107. The van der Waals surface area contributed by atoms with Crippen LogP contribution in [0.3, 0.4) is 0 Å². The van der Waals surface area contributed by atoms with E-state index in [1.54, 1.807) is 0 Å². The third kappa shape index (κ3) is 3.27. The lowest BCUT2D eigenvalue weighted by atomic mass is 9.83. The summed E-state index contributed by atoms with van der Waals surface area (Å²) in [5.74, 6) is 1.02. The quantitative estimate of drug-likeness (QED) is 0.806. The molecule has 0 spiro atoms. The smallest absolute Gasteiger partial charge is 0.0249 e. The van der Waals surface area contributed by atoms with E-state index >= 15 is 0 Å². The largest absolute Gasteiger partial charge is 0.313 e. The van der Waals surface area contributed by atoms with E-state index in [9.17, 15) is 0 Å². The van der Waals surface area contributed by atoms with Crippen LogP contribution in [-0.2, 0) is 0 Å². The Morgan fingerprint density at radius 3 is 2.33 bits per heavy atom. The van der Waals surface area contributed by atoms with E-state index < -0.39 is 0 Å². The van der Waals surface area contributed by atoms with Crippen molar-refractivity contribution in [2.24, 2.45) is 5.92 Å². The summed E-state index contributed by atoms with van der Waals surface area (Å²) in [5.41, 5.74) is 0. The van der Waals surface area contributed by atoms with Gasteiger partial charge in [0.05, 0.1) is 0 Å². The third-order valence-electron chi connectivity index (χ3n) is 5.44. The van der Waals surface area contributed by atoms with E-state index in [0.717, 1.165) is 30.6 Å². The molecule has 0 aromatic carbocycles. The fourth-order valence-electron chi connectivity index (χ4n) is 4.16. The van der Waals surface area contributed by atoms with Crippen molar-refractivity contribution in [3.05, 3.63) is 0 Å². The van der Waals surface area contributed by atoms with Crippen LogP contribution >= 0.6 is 0 Å². The molecule has 2 fully saturated rings. The molecule has 2 unspecified atom stereocenters. The molecule has 0 saturated heterocycles. The molecule has 2 saturated carbocycles. The van der Waals surface area contributed by atoms with E-state index in [1.807, 2.05) is 0 Å². The van der Waals surface area contributed by atoms with Crippen molar-refractivity contribution in [1.82, 2.24) is 10.2 Å². The van der Waals surface area contributed by atoms with E-state index in [0.29, 0.717) is 0 Å². The second kappa shape index (κ2) is 6.91. The van der Waals surface area contributed by atoms with Crippen molar-refractivity contribution in [3.63, 3.8) is 0 Å². The Morgan fingerprint density at radius 1 is 1.00 bits per heavy atom. The van der Waals surface area contributed by atoms with Crippen molar-refractivity contribution in [1.29, 1.82) is 0 Å². The minimum absolute atomic E-state index is 0.754. The average molecular weight is 252 g/mol. The SMILES string of the molecule is CCNC1CCCC1N(C)C1CCC(CC)CC1. The maximum absolute atomic E-state index is 3.69. The Bertz CT molecular complexity index is 233. The molecule has 0 amide bonds. The van der Waals surface area contributed by atoms with Gasteiger partial charge in [-0.3, -0.25) is 4.90 Å². The fraction of sp³-hybridized carbons (Fsp3) is 1.00. The first-order valence-electron chi connectivity index (χ1n) is 8.21. The van der Waals surface area contributed by atoms with Crippen LogP contribution in [0.1, 0.15) is 65.2 Å². The molecule has 0 heterocycles. The molecule has 2 heteroatoms. The summed E-state index contributed by atoms with van der Waals surface area (Å²) < 4.78 is 0. The molecule has 106 valence electrons. The highest BCUT2D eigenvalue weighted by Gasteiger charge is 2.34. The molecular formula is C16H32N2. The zero-order chi connectivity index (χ0) is 13.0. The molecule has 0 bridgehead atoms. The number of hydrogen-bond donors (Lipinski definition) is 1. The van der Waals surface area contributed by atoms with Crippen molar-refractivity contribution < 1.29 is 0 Å². The van der Waals surface area contributed by atoms with Crippen LogP contribution in [0, 0.1) is 5.92 Å². The van der Waals surface area contributed by atoms with E-state index in [1.165, 1.54) is 51.4 Å². The maximum Gasteiger partial charge on any atom is 0.0249 e. The zero-order valence-corrected chi connectivity index (χ0v) is 12.6. The van der Waals surface area contributed by atoms with Crippen LogP contribution in [0.5, 0.6) is 0 Å². The van der Waals surface area contributed by atoms with Gasteiger partial charge < -0.3 is 5.32 Å². The van der Waals surface area contributed by atoms with Crippen molar-refractivity contribution in [2.45, 2.75) is 83.3 Å². The normalized spacial score (nSPS) is 37.3.